The van der Waals surface area contributed by atoms with Gasteiger partial charge in [0.25, 0.3) is 0 Å². The van der Waals surface area contributed by atoms with Crippen LogP contribution in [0.25, 0.3) is 0 Å². The number of anilines is 2. The number of rotatable bonds is 13. The zero-order valence-electron chi connectivity index (χ0n) is 29.3. The topological polar surface area (TPSA) is 136 Å². The maximum atomic E-state index is 15.0. The number of hydrogen-bond acceptors (Lipinski definition) is 12. The minimum atomic E-state index is -4.10. The molecule has 0 amide bonds. The molecule has 6 rings (SSSR count). The van der Waals surface area contributed by atoms with Gasteiger partial charge in [-0.3, -0.25) is 0 Å². The summed E-state index contributed by atoms with van der Waals surface area (Å²) in [5, 5.41) is 4.10. The maximum absolute atomic E-state index is 15.0. The van der Waals surface area contributed by atoms with Gasteiger partial charge in [0.15, 0.2) is 11.6 Å². The molecule has 268 valence electrons. The molecule has 4 aromatic rings. The normalized spacial score (nSPS) is 19.3. The van der Waals surface area contributed by atoms with Crippen LogP contribution in [-0.4, -0.2) is 67.4 Å². The molecule has 0 aliphatic carbocycles. The van der Waals surface area contributed by atoms with Crippen molar-refractivity contribution in [2.24, 2.45) is 11.8 Å². The fourth-order valence-corrected chi connectivity index (χ4v) is 7.45. The molecule has 1 N–H and O–H groups in total. The fraction of sp³-hybridized carbons (Fsp3) is 0.500. The van der Waals surface area contributed by atoms with Crippen LogP contribution in [0.15, 0.2) is 64.1 Å². The van der Waals surface area contributed by atoms with Crippen molar-refractivity contribution in [2.45, 2.75) is 76.7 Å². The van der Waals surface area contributed by atoms with E-state index in [9.17, 15) is 12.8 Å². The molecule has 2 aromatic heterocycles. The summed E-state index contributed by atoms with van der Waals surface area (Å²) < 4.78 is 57.8. The Labute approximate surface area is 293 Å². The van der Waals surface area contributed by atoms with Crippen molar-refractivity contribution in [3.8, 4) is 5.75 Å². The predicted octanol–water partition coefficient (Wildman–Crippen LogP) is 5.94. The van der Waals surface area contributed by atoms with E-state index < -0.39 is 22.1 Å². The van der Waals surface area contributed by atoms with Crippen LogP contribution in [0.5, 0.6) is 5.75 Å². The number of nitrogens with one attached hydrogen (secondary N) is 1. The maximum Gasteiger partial charge on any atom is 0.324 e. The molecule has 3 atom stereocenters. The van der Waals surface area contributed by atoms with Gasteiger partial charge in [0, 0.05) is 38.0 Å². The third-order valence-corrected chi connectivity index (χ3v) is 11.0. The Kier molecular flexibility index (Phi) is 11.0. The first kappa shape index (κ1) is 35.7. The molecule has 0 saturated carbocycles. The molecule has 2 aliphatic heterocycles. The first-order valence-electron chi connectivity index (χ1n) is 17.3. The lowest BCUT2D eigenvalue weighted by Crippen LogP contribution is -2.37. The van der Waals surface area contributed by atoms with E-state index in [2.05, 4.69) is 46.3 Å². The highest BCUT2D eigenvalue weighted by Gasteiger charge is 2.38. The molecule has 2 unspecified atom stereocenters. The first-order valence-corrected chi connectivity index (χ1v) is 18.7. The second-order valence-electron chi connectivity index (χ2n) is 13.8. The molecule has 2 fully saturated rings. The van der Waals surface area contributed by atoms with Crippen LogP contribution in [0.2, 0.25) is 0 Å². The third-order valence-electron chi connectivity index (χ3n) is 9.84. The number of aryl methyl sites for hydroxylation is 2. The molecular weight excluding hydrogens is 662 g/mol. The lowest BCUT2D eigenvalue weighted by atomic mass is 9.84. The summed E-state index contributed by atoms with van der Waals surface area (Å²) in [6, 6.07) is 12.9. The largest absolute Gasteiger partial charge is 0.490 e. The minimum Gasteiger partial charge on any atom is -0.490 e. The fourth-order valence-electron chi connectivity index (χ4n) is 6.63. The molecule has 0 radical (unpaired) electrons. The summed E-state index contributed by atoms with van der Waals surface area (Å²) in [6.07, 6.45) is 4.69. The van der Waals surface area contributed by atoms with Crippen molar-refractivity contribution in [1.82, 2.24) is 25.6 Å². The van der Waals surface area contributed by atoms with Crippen molar-refractivity contribution in [3.05, 3.63) is 83.2 Å². The lowest BCUT2D eigenvalue weighted by molar-refractivity contribution is 0.162. The predicted molar refractivity (Wildman–Crippen MR) is 187 cm³/mol. The van der Waals surface area contributed by atoms with Crippen molar-refractivity contribution < 1.29 is 26.4 Å². The summed E-state index contributed by atoms with van der Waals surface area (Å²) in [4.78, 5) is 18.0. The molecule has 2 aliphatic rings. The van der Waals surface area contributed by atoms with Gasteiger partial charge in [-0.15, -0.1) is 0 Å². The van der Waals surface area contributed by atoms with Gasteiger partial charge in [-0.2, -0.15) is 23.2 Å². The molecule has 50 heavy (non-hydrogen) atoms. The number of hydroxylamine groups is 1. The summed E-state index contributed by atoms with van der Waals surface area (Å²) in [5.41, 5.74) is 4.80. The van der Waals surface area contributed by atoms with E-state index in [0.717, 1.165) is 43.7 Å². The number of piperidine rings is 1. The third kappa shape index (κ3) is 8.24. The molecule has 0 spiro atoms. The standard InChI is InChI=1S/C36H46FN7O5S/c1-23(2)34-40-36(48-42-34)43-17-14-27(15-18-43)25(4)16-19-47-33-20-38-35(39-26(33)5)44-21-30(29-8-6-7-9-31(29)37)32(22-44)41-49-50(45,46)28-12-10-24(3)11-13-28/h6-13,20,23,25,27,30,32,41H,14-19,21-22H2,1-5H3/t25-,30?,32?/m1/s1. The van der Waals surface area contributed by atoms with Crippen LogP contribution in [0.3, 0.4) is 0 Å². The van der Waals surface area contributed by atoms with Crippen molar-refractivity contribution in [1.29, 1.82) is 0 Å². The van der Waals surface area contributed by atoms with Gasteiger partial charge in [0.05, 0.1) is 29.4 Å². The van der Waals surface area contributed by atoms with E-state index in [4.69, 9.17) is 18.5 Å². The quantitative estimate of drug-likeness (QED) is 0.165. The monoisotopic (exact) mass is 707 g/mol. The summed E-state index contributed by atoms with van der Waals surface area (Å²) in [7, 11) is -4.10. The molecule has 2 aromatic carbocycles. The SMILES string of the molecule is Cc1ccc(S(=O)(=O)ONC2CN(c3ncc(OCC[C@@H](C)C4CCN(c5nc(C(C)C)no5)CC4)c(C)n3)CC2c2ccccc2F)cc1. The summed E-state index contributed by atoms with van der Waals surface area (Å²) in [5.74, 6) is 2.29. The van der Waals surface area contributed by atoms with Crippen molar-refractivity contribution in [2.75, 3.05) is 42.6 Å². The summed E-state index contributed by atoms with van der Waals surface area (Å²) >= 11 is 0. The van der Waals surface area contributed by atoms with E-state index in [0.29, 0.717) is 60.5 Å². The van der Waals surface area contributed by atoms with Gasteiger partial charge in [-0.05, 0) is 68.7 Å². The Balaban J connectivity index is 1.04. The number of benzene rings is 2. The highest BCUT2D eigenvalue weighted by Crippen LogP contribution is 2.33. The van der Waals surface area contributed by atoms with E-state index in [1.54, 1.807) is 36.5 Å². The van der Waals surface area contributed by atoms with Gasteiger partial charge >= 0.3 is 16.1 Å². The zero-order chi connectivity index (χ0) is 35.4. The second-order valence-corrected chi connectivity index (χ2v) is 15.3. The number of hydrogen-bond donors (Lipinski definition) is 1. The Morgan fingerprint density at radius 1 is 1.00 bits per heavy atom. The van der Waals surface area contributed by atoms with Gasteiger partial charge in [-0.1, -0.05) is 61.8 Å². The highest BCUT2D eigenvalue weighted by atomic mass is 32.2. The Morgan fingerprint density at radius 2 is 1.74 bits per heavy atom. The number of nitrogens with zero attached hydrogens (tertiary/aromatic N) is 6. The molecule has 14 heteroatoms. The van der Waals surface area contributed by atoms with Crippen molar-refractivity contribution >= 4 is 22.1 Å². The first-order chi connectivity index (χ1) is 24.0. The molecular formula is C36H46FN7O5S. The smallest absolute Gasteiger partial charge is 0.324 e. The number of aromatic nitrogens is 4. The number of halogens is 1. The van der Waals surface area contributed by atoms with Crippen LogP contribution >= 0.6 is 0 Å². The van der Waals surface area contributed by atoms with Crippen LogP contribution in [-0.2, 0) is 14.4 Å². The highest BCUT2D eigenvalue weighted by molar-refractivity contribution is 7.86. The van der Waals surface area contributed by atoms with E-state index in [-0.39, 0.29) is 16.6 Å². The Hall–Kier alpha value is -4.14. The van der Waals surface area contributed by atoms with Gasteiger partial charge in [-0.25, -0.2) is 14.4 Å². The van der Waals surface area contributed by atoms with Crippen molar-refractivity contribution in [3.63, 3.8) is 0 Å². The van der Waals surface area contributed by atoms with E-state index in [1.165, 1.54) is 18.2 Å². The van der Waals surface area contributed by atoms with Crippen LogP contribution < -0.4 is 20.0 Å². The average molecular weight is 708 g/mol. The second kappa shape index (κ2) is 15.4. The zero-order valence-corrected chi connectivity index (χ0v) is 30.1. The lowest BCUT2D eigenvalue weighted by Gasteiger charge is -2.33. The van der Waals surface area contributed by atoms with Crippen LogP contribution in [0.1, 0.15) is 74.5 Å². The minimum absolute atomic E-state index is 0.0304. The molecule has 4 heterocycles. The van der Waals surface area contributed by atoms with Crippen LogP contribution in [0, 0.1) is 31.5 Å². The molecule has 0 bridgehead atoms. The number of ether oxygens (including phenoxy) is 1. The Morgan fingerprint density at radius 3 is 2.42 bits per heavy atom. The van der Waals surface area contributed by atoms with E-state index >= 15 is 0 Å². The van der Waals surface area contributed by atoms with Gasteiger partial charge < -0.3 is 19.1 Å². The van der Waals surface area contributed by atoms with Gasteiger partial charge in [0.2, 0.25) is 5.95 Å². The average Bonchev–Trinajstić information content (AvgIpc) is 3.77. The Bertz CT molecular complexity index is 1850. The molecule has 12 nitrogen and oxygen atoms in total. The van der Waals surface area contributed by atoms with Gasteiger partial charge in [0.1, 0.15) is 5.82 Å². The molecule has 2 saturated heterocycles. The van der Waals surface area contributed by atoms with Crippen LogP contribution in [0.4, 0.5) is 16.4 Å². The van der Waals surface area contributed by atoms with E-state index in [1.807, 2.05) is 18.7 Å². The summed E-state index contributed by atoms with van der Waals surface area (Å²) in [6.45, 7) is 13.1.